The summed E-state index contributed by atoms with van der Waals surface area (Å²) in [6.07, 6.45) is 9.94. The molecule has 0 fully saturated rings. The van der Waals surface area contributed by atoms with Gasteiger partial charge in [0, 0.05) is 12.1 Å². The van der Waals surface area contributed by atoms with Crippen molar-refractivity contribution in [3.63, 3.8) is 0 Å². The molecule has 1 aliphatic carbocycles. The first-order valence-electron chi connectivity index (χ1n) is 6.33. The highest BCUT2D eigenvalue weighted by molar-refractivity contribution is 5.07. The summed E-state index contributed by atoms with van der Waals surface area (Å²) < 4.78 is 0. The van der Waals surface area contributed by atoms with Crippen LogP contribution < -0.4 is 11.1 Å². The average molecular weight is 210 g/mol. The van der Waals surface area contributed by atoms with Crippen LogP contribution in [0.4, 0.5) is 0 Å². The maximum Gasteiger partial charge on any atom is 0.0275 e. The molecule has 1 aliphatic rings. The molecule has 0 aromatic carbocycles. The van der Waals surface area contributed by atoms with Crippen LogP contribution in [0.15, 0.2) is 11.6 Å². The van der Waals surface area contributed by atoms with Crippen molar-refractivity contribution in [2.75, 3.05) is 13.1 Å². The van der Waals surface area contributed by atoms with Crippen molar-refractivity contribution in [1.29, 1.82) is 0 Å². The van der Waals surface area contributed by atoms with E-state index in [4.69, 9.17) is 5.73 Å². The van der Waals surface area contributed by atoms with Crippen molar-refractivity contribution in [3.8, 4) is 0 Å². The van der Waals surface area contributed by atoms with E-state index in [2.05, 4.69) is 25.2 Å². The molecular weight excluding hydrogens is 184 g/mol. The maximum absolute atomic E-state index is 5.81. The van der Waals surface area contributed by atoms with Crippen molar-refractivity contribution in [3.05, 3.63) is 11.6 Å². The first-order valence-corrected chi connectivity index (χ1v) is 6.33. The van der Waals surface area contributed by atoms with Crippen LogP contribution in [0.1, 0.15) is 52.4 Å². The molecule has 0 radical (unpaired) electrons. The molecule has 0 aliphatic heterocycles. The topological polar surface area (TPSA) is 38.0 Å². The van der Waals surface area contributed by atoms with E-state index in [0.29, 0.717) is 0 Å². The highest BCUT2D eigenvalue weighted by Crippen LogP contribution is 2.20. The Morgan fingerprint density at radius 3 is 2.87 bits per heavy atom. The summed E-state index contributed by atoms with van der Waals surface area (Å²) in [5, 5.41) is 3.61. The van der Waals surface area contributed by atoms with Gasteiger partial charge in [-0.3, -0.25) is 0 Å². The Balaban J connectivity index is 2.21. The van der Waals surface area contributed by atoms with Gasteiger partial charge in [-0.05, 0) is 45.6 Å². The molecule has 0 amide bonds. The molecule has 0 aromatic heterocycles. The third-order valence-corrected chi connectivity index (χ3v) is 3.39. The second kappa shape index (κ2) is 6.29. The minimum Gasteiger partial charge on any atom is -0.329 e. The van der Waals surface area contributed by atoms with E-state index in [9.17, 15) is 0 Å². The molecular formula is C13H26N2. The number of nitrogens with one attached hydrogen (secondary N) is 1. The fourth-order valence-electron chi connectivity index (χ4n) is 2.30. The number of allylic oxidation sites excluding steroid dienone is 1. The minimum absolute atomic E-state index is 0.147. The Labute approximate surface area is 94.3 Å². The SMILES string of the molecule is CCCC(C)(CN)NCCC1=CCCC1. The maximum atomic E-state index is 5.81. The summed E-state index contributed by atoms with van der Waals surface area (Å²) in [6, 6.07) is 0. The second-order valence-corrected chi connectivity index (χ2v) is 4.95. The molecule has 1 rings (SSSR count). The van der Waals surface area contributed by atoms with Crippen LogP contribution >= 0.6 is 0 Å². The lowest BCUT2D eigenvalue weighted by molar-refractivity contribution is 0.338. The van der Waals surface area contributed by atoms with Gasteiger partial charge in [0.1, 0.15) is 0 Å². The van der Waals surface area contributed by atoms with E-state index >= 15 is 0 Å². The van der Waals surface area contributed by atoms with Gasteiger partial charge in [-0.25, -0.2) is 0 Å². The van der Waals surface area contributed by atoms with Gasteiger partial charge in [0.15, 0.2) is 0 Å². The van der Waals surface area contributed by atoms with Crippen molar-refractivity contribution >= 4 is 0 Å². The number of hydrogen-bond acceptors (Lipinski definition) is 2. The molecule has 15 heavy (non-hydrogen) atoms. The lowest BCUT2D eigenvalue weighted by Gasteiger charge is -2.29. The first-order chi connectivity index (χ1) is 7.20. The molecule has 2 heteroatoms. The van der Waals surface area contributed by atoms with Crippen LogP contribution in [-0.2, 0) is 0 Å². The Bertz CT molecular complexity index is 211. The third kappa shape index (κ3) is 4.35. The van der Waals surface area contributed by atoms with Crippen LogP contribution in [0.5, 0.6) is 0 Å². The molecule has 0 saturated heterocycles. The molecule has 0 aromatic rings. The van der Waals surface area contributed by atoms with Crippen LogP contribution in [0.25, 0.3) is 0 Å². The van der Waals surface area contributed by atoms with E-state index in [0.717, 1.165) is 13.1 Å². The Hall–Kier alpha value is -0.340. The molecule has 0 spiro atoms. The van der Waals surface area contributed by atoms with Crippen molar-refractivity contribution < 1.29 is 0 Å². The summed E-state index contributed by atoms with van der Waals surface area (Å²) >= 11 is 0. The quantitative estimate of drug-likeness (QED) is 0.634. The molecule has 2 nitrogen and oxygen atoms in total. The molecule has 88 valence electrons. The molecule has 1 unspecified atom stereocenters. The fourth-order valence-corrected chi connectivity index (χ4v) is 2.30. The van der Waals surface area contributed by atoms with Gasteiger partial charge in [-0.15, -0.1) is 0 Å². The standard InChI is InChI=1S/C13H26N2/c1-3-9-13(2,11-14)15-10-8-12-6-4-5-7-12/h6,15H,3-5,7-11,14H2,1-2H3. The predicted octanol–water partition coefficient (Wildman–Crippen LogP) is 2.59. The number of rotatable bonds is 7. The van der Waals surface area contributed by atoms with Gasteiger partial charge in [-0.2, -0.15) is 0 Å². The third-order valence-electron chi connectivity index (χ3n) is 3.39. The zero-order chi connectivity index (χ0) is 11.1. The van der Waals surface area contributed by atoms with Crippen LogP contribution in [0.2, 0.25) is 0 Å². The first kappa shape index (κ1) is 12.7. The molecule has 1 atom stereocenters. The Morgan fingerprint density at radius 2 is 2.33 bits per heavy atom. The van der Waals surface area contributed by atoms with Crippen LogP contribution in [0.3, 0.4) is 0 Å². The lowest BCUT2D eigenvalue weighted by atomic mass is 9.96. The van der Waals surface area contributed by atoms with Crippen molar-refractivity contribution in [2.45, 2.75) is 57.9 Å². The summed E-state index contributed by atoms with van der Waals surface area (Å²) in [6.45, 7) is 6.27. The van der Waals surface area contributed by atoms with Gasteiger partial charge < -0.3 is 11.1 Å². The van der Waals surface area contributed by atoms with E-state index in [1.807, 2.05) is 0 Å². The van der Waals surface area contributed by atoms with E-state index < -0.39 is 0 Å². The number of nitrogens with two attached hydrogens (primary N) is 1. The van der Waals surface area contributed by atoms with Crippen LogP contribution in [-0.4, -0.2) is 18.6 Å². The zero-order valence-corrected chi connectivity index (χ0v) is 10.3. The monoisotopic (exact) mass is 210 g/mol. The average Bonchev–Trinajstić information content (AvgIpc) is 2.71. The molecule has 3 N–H and O–H groups in total. The molecule has 0 heterocycles. The van der Waals surface area contributed by atoms with Gasteiger partial charge in [-0.1, -0.05) is 25.0 Å². The molecule has 0 saturated carbocycles. The van der Waals surface area contributed by atoms with Gasteiger partial charge in [0.2, 0.25) is 0 Å². The summed E-state index contributed by atoms with van der Waals surface area (Å²) in [4.78, 5) is 0. The van der Waals surface area contributed by atoms with Gasteiger partial charge in [0.25, 0.3) is 0 Å². The van der Waals surface area contributed by atoms with Crippen LogP contribution in [0, 0.1) is 0 Å². The fraction of sp³-hybridized carbons (Fsp3) is 0.846. The highest BCUT2D eigenvalue weighted by atomic mass is 15.0. The van der Waals surface area contributed by atoms with E-state index in [1.165, 1.54) is 38.5 Å². The lowest BCUT2D eigenvalue weighted by Crippen LogP contribution is -2.48. The summed E-state index contributed by atoms with van der Waals surface area (Å²) in [5.41, 5.74) is 7.59. The minimum atomic E-state index is 0.147. The van der Waals surface area contributed by atoms with Gasteiger partial charge >= 0.3 is 0 Å². The summed E-state index contributed by atoms with van der Waals surface area (Å²) in [5.74, 6) is 0. The smallest absolute Gasteiger partial charge is 0.0275 e. The van der Waals surface area contributed by atoms with Crippen molar-refractivity contribution in [1.82, 2.24) is 5.32 Å². The number of hydrogen-bond donors (Lipinski definition) is 2. The van der Waals surface area contributed by atoms with E-state index in [-0.39, 0.29) is 5.54 Å². The predicted molar refractivity (Wildman–Crippen MR) is 66.9 cm³/mol. The zero-order valence-electron chi connectivity index (χ0n) is 10.3. The Morgan fingerprint density at radius 1 is 1.53 bits per heavy atom. The molecule has 0 bridgehead atoms. The largest absolute Gasteiger partial charge is 0.329 e. The summed E-state index contributed by atoms with van der Waals surface area (Å²) in [7, 11) is 0. The highest BCUT2D eigenvalue weighted by Gasteiger charge is 2.19. The normalized spacial score (nSPS) is 20.1. The van der Waals surface area contributed by atoms with E-state index in [1.54, 1.807) is 5.57 Å². The Kier molecular flexibility index (Phi) is 5.34. The second-order valence-electron chi connectivity index (χ2n) is 4.95. The van der Waals surface area contributed by atoms with Gasteiger partial charge in [0.05, 0.1) is 0 Å². The van der Waals surface area contributed by atoms with Crippen molar-refractivity contribution in [2.24, 2.45) is 5.73 Å².